The van der Waals surface area contributed by atoms with Gasteiger partial charge in [-0.2, -0.15) is 0 Å². The van der Waals surface area contributed by atoms with E-state index in [9.17, 15) is 0 Å². The molecule has 0 bridgehead atoms. The van der Waals surface area contributed by atoms with Crippen molar-refractivity contribution in [3.05, 3.63) is 25.3 Å². The summed E-state index contributed by atoms with van der Waals surface area (Å²) in [5.74, 6) is 0. The molecule has 0 atom stereocenters. The molecule has 72 valence electrons. The molecule has 0 fully saturated rings. The summed E-state index contributed by atoms with van der Waals surface area (Å²) in [6.45, 7) is 9.37. The first kappa shape index (κ1) is 16.6. The van der Waals surface area contributed by atoms with Crippen molar-refractivity contribution in [3.8, 4) is 0 Å². The van der Waals surface area contributed by atoms with Gasteiger partial charge in [-0.15, -0.1) is 0 Å². The molecular weight excluding hydrogens is 216 g/mol. The quantitative estimate of drug-likeness (QED) is 0.401. The van der Waals surface area contributed by atoms with E-state index in [-0.39, 0.29) is 0 Å². The maximum atomic E-state index is 8.74. The van der Waals surface area contributed by atoms with E-state index in [2.05, 4.69) is 18.1 Å². The summed E-state index contributed by atoms with van der Waals surface area (Å²) < 4.78 is 10.00. The van der Waals surface area contributed by atoms with Crippen LogP contribution in [-0.4, -0.2) is 77.4 Å². The molecule has 0 aromatic heterocycles. The van der Waals surface area contributed by atoms with E-state index in [0.29, 0.717) is 0 Å². The maximum absolute atomic E-state index is 8.74. The van der Waals surface area contributed by atoms with E-state index < -0.39 is 8.25 Å². The Morgan fingerprint density at radius 3 is 1.77 bits per heavy atom. The van der Waals surface area contributed by atoms with E-state index in [1.807, 2.05) is 12.2 Å². The molecule has 13 heavy (non-hydrogen) atoms. The third-order valence-electron chi connectivity index (χ3n) is 1.22. The molecule has 0 aromatic rings. The van der Waals surface area contributed by atoms with Gasteiger partial charge in [0.05, 0.1) is 0 Å². The molecule has 0 radical (unpaired) electrons. The Hall–Kier alpha value is 1.23. The van der Waals surface area contributed by atoms with Crippen LogP contribution in [0.2, 0.25) is 0 Å². The Balaban J connectivity index is 0. The molecule has 0 saturated carbocycles. The molecule has 0 heterocycles. The maximum Gasteiger partial charge on any atom is 0.314 e. The van der Waals surface area contributed by atoms with Gasteiger partial charge in [0.1, 0.15) is 0 Å². The molecule has 0 aromatic carbocycles. The van der Waals surface area contributed by atoms with Gasteiger partial charge in [-0.1, -0.05) is 0 Å². The number of hydrogen-bond acceptors (Lipinski definition) is 2. The van der Waals surface area contributed by atoms with Crippen LogP contribution in [0.3, 0.4) is 0 Å². The summed E-state index contributed by atoms with van der Waals surface area (Å²) in [4.78, 5) is 16.6. The molecule has 0 aliphatic carbocycles. The molecular formula is C7H15KNO3P. The van der Waals surface area contributed by atoms with Crippen LogP contribution in [0, 0.1) is 0 Å². The smallest absolute Gasteiger partial charge is 0.314 e. The molecule has 0 rings (SSSR count). The van der Waals surface area contributed by atoms with Crippen LogP contribution in [0.4, 0.5) is 0 Å². The van der Waals surface area contributed by atoms with Gasteiger partial charge in [-0.05, 0) is 0 Å². The molecule has 2 N–H and O–H groups in total. The van der Waals surface area contributed by atoms with Crippen LogP contribution in [-0.2, 0) is 4.57 Å². The van der Waals surface area contributed by atoms with Crippen LogP contribution in [0.5, 0.6) is 0 Å². The van der Waals surface area contributed by atoms with Crippen molar-refractivity contribution in [3.63, 3.8) is 0 Å². The third kappa shape index (κ3) is 19.6. The molecule has 0 unspecified atom stereocenters. The zero-order valence-corrected chi connectivity index (χ0v) is 12.1. The molecule has 0 amide bonds. The first-order valence-electron chi connectivity index (χ1n) is 3.94. The average Bonchev–Trinajstić information content (AvgIpc) is 2.03. The predicted molar refractivity (Wildman–Crippen MR) is 56.0 cm³/mol. The second-order valence-electron chi connectivity index (χ2n) is 2.21. The minimum atomic E-state index is -3.13. The van der Waals surface area contributed by atoms with Crippen molar-refractivity contribution in [2.45, 2.75) is 0 Å². The average molecular weight is 231 g/mol. The van der Waals surface area contributed by atoms with Gasteiger partial charge in [0.25, 0.3) is 0 Å². The summed E-state index contributed by atoms with van der Waals surface area (Å²) in [5, 5.41) is 0. The third-order valence-corrected chi connectivity index (χ3v) is 2.62. The van der Waals surface area contributed by atoms with Crippen molar-refractivity contribution in [2.24, 2.45) is 0 Å². The minimum Gasteiger partial charge on any atom is -0.326 e. The molecule has 0 aliphatic rings. The number of rotatable bonds is 5. The van der Waals surface area contributed by atoms with Crippen molar-refractivity contribution in [1.29, 1.82) is 0 Å². The fourth-order valence-corrected chi connectivity index (χ4v) is 1.50. The minimum absolute atomic E-state index is 0.916. The standard InChI is InChI=1S/C7H12N.K.H3O3P/c1-4-6-8(3)7-5-2;;1-4(2)3/h4-5H,1-3,6-7H2;;4H,(H2,1,2,3). The summed E-state index contributed by atoms with van der Waals surface area (Å²) in [7, 11) is -3.13. The molecule has 6 heteroatoms. The van der Waals surface area contributed by atoms with Gasteiger partial charge in [0, 0.05) is 0 Å². The zero-order valence-electron chi connectivity index (χ0n) is 7.94. The Labute approximate surface area is 114 Å². The van der Waals surface area contributed by atoms with Gasteiger partial charge in [-0.25, -0.2) is 0 Å². The van der Waals surface area contributed by atoms with E-state index >= 15 is 0 Å². The van der Waals surface area contributed by atoms with Gasteiger partial charge in [-0.3, -0.25) is 4.57 Å². The van der Waals surface area contributed by atoms with Gasteiger partial charge < -0.3 is 9.79 Å². The van der Waals surface area contributed by atoms with E-state index in [1.54, 1.807) is 0 Å². The van der Waals surface area contributed by atoms with Gasteiger partial charge in [0.2, 0.25) is 0 Å². The fraction of sp³-hybridized carbons (Fsp3) is 0.429. The monoisotopic (exact) mass is 231 g/mol. The van der Waals surface area contributed by atoms with Gasteiger partial charge >= 0.3 is 101 Å². The van der Waals surface area contributed by atoms with Crippen molar-refractivity contribution >= 4 is 57.2 Å². The van der Waals surface area contributed by atoms with Crippen LogP contribution in [0.15, 0.2) is 25.3 Å². The number of nitrogens with zero attached hydrogens (tertiary/aromatic N) is 1. The second kappa shape index (κ2) is 13.2. The topological polar surface area (TPSA) is 60.8 Å². The van der Waals surface area contributed by atoms with E-state index in [4.69, 9.17) is 14.4 Å². The van der Waals surface area contributed by atoms with E-state index in [0.717, 1.165) is 62.0 Å². The fourth-order valence-electron chi connectivity index (χ4n) is 0.698. The first-order chi connectivity index (χ1) is 6.08. The Bertz CT molecular complexity index is 152. The first-order valence-corrected chi connectivity index (χ1v) is 7.45. The van der Waals surface area contributed by atoms with Crippen LogP contribution >= 0.6 is 8.25 Å². The molecule has 0 aliphatic heterocycles. The van der Waals surface area contributed by atoms with Crippen molar-refractivity contribution in [1.82, 2.24) is 4.90 Å². The summed E-state index contributed by atoms with van der Waals surface area (Å²) in [5.41, 5.74) is 0. The molecule has 4 nitrogen and oxygen atoms in total. The van der Waals surface area contributed by atoms with Crippen molar-refractivity contribution < 1.29 is 14.4 Å². The molecule has 0 saturated heterocycles. The van der Waals surface area contributed by atoms with Crippen LogP contribution in [0.1, 0.15) is 0 Å². The van der Waals surface area contributed by atoms with Crippen LogP contribution in [0.25, 0.3) is 0 Å². The normalized spacial score (nSPS) is 9.38. The largest absolute Gasteiger partial charge is 0.326 e. The molecule has 0 spiro atoms. The zero-order chi connectivity index (χ0) is 10.7. The predicted octanol–water partition coefficient (Wildman–Crippen LogP) is 0.147. The summed E-state index contributed by atoms with van der Waals surface area (Å²) in [6, 6.07) is 0. The second-order valence-corrected chi connectivity index (χ2v) is 3.76. The summed E-state index contributed by atoms with van der Waals surface area (Å²) in [6.07, 6.45) is 3.88. The Morgan fingerprint density at radius 2 is 1.62 bits per heavy atom. The Morgan fingerprint density at radius 1 is 1.31 bits per heavy atom. The Kier molecular flexibility index (Phi) is 16.9. The summed E-state index contributed by atoms with van der Waals surface area (Å²) >= 11 is 0.916. The van der Waals surface area contributed by atoms with Crippen LogP contribution < -0.4 is 0 Å². The van der Waals surface area contributed by atoms with E-state index in [1.165, 1.54) is 0.639 Å². The number of hydrogen-bond donors (Lipinski definition) is 2. The van der Waals surface area contributed by atoms with Crippen molar-refractivity contribution in [2.75, 3.05) is 13.7 Å². The SMILES string of the molecule is C=CCN([CH2][K])CC=C.O=[PH](O)O. The van der Waals surface area contributed by atoms with Gasteiger partial charge in [0.15, 0.2) is 0 Å².